The highest BCUT2D eigenvalue weighted by molar-refractivity contribution is 6.04. The number of likely N-dealkylation sites (tertiary alicyclic amines) is 1. The van der Waals surface area contributed by atoms with E-state index in [9.17, 15) is 9.59 Å². The third-order valence-electron chi connectivity index (χ3n) is 4.38. The molecule has 1 saturated heterocycles. The fraction of sp³-hybridized carbons (Fsp3) is 0.333. The summed E-state index contributed by atoms with van der Waals surface area (Å²) in [5.74, 6) is 0.241. The Morgan fingerprint density at radius 1 is 1.36 bits per heavy atom. The summed E-state index contributed by atoms with van der Waals surface area (Å²) in [7, 11) is 0. The number of hydrogen-bond donors (Lipinski definition) is 2. The predicted octanol–water partition coefficient (Wildman–Crippen LogP) is 2.68. The third kappa shape index (κ3) is 4.21. The molecule has 2 heterocycles. The Morgan fingerprint density at radius 2 is 2.16 bits per heavy atom. The largest absolute Gasteiger partial charge is 0.459 e. The Balaban J connectivity index is 0.00000225. The zero-order chi connectivity index (χ0) is 17.1. The molecular weight excluding hydrogens is 342 g/mol. The molecule has 0 saturated carbocycles. The Labute approximate surface area is 152 Å². The standard InChI is InChI=1S/C18H21N3O3.ClH/c1-12-4-5-14(18(23)21-7-6-13(10-19)11-21)9-15(12)20-17(22)16-3-2-8-24-16;/h2-5,8-9,13H,6-7,10-11,19H2,1H3,(H,20,22);1H. The summed E-state index contributed by atoms with van der Waals surface area (Å²) in [6.07, 6.45) is 2.39. The third-order valence-corrected chi connectivity index (χ3v) is 4.38. The van der Waals surface area contributed by atoms with Gasteiger partial charge in [0.25, 0.3) is 11.8 Å². The fourth-order valence-corrected chi connectivity index (χ4v) is 2.87. The van der Waals surface area contributed by atoms with Crippen molar-refractivity contribution in [2.75, 3.05) is 25.0 Å². The molecule has 0 bridgehead atoms. The number of aryl methyl sites for hydroxylation is 1. The van der Waals surface area contributed by atoms with Gasteiger partial charge in [-0.3, -0.25) is 9.59 Å². The molecule has 25 heavy (non-hydrogen) atoms. The minimum atomic E-state index is -0.336. The molecule has 134 valence electrons. The highest BCUT2D eigenvalue weighted by Gasteiger charge is 2.26. The van der Waals surface area contributed by atoms with Crippen LogP contribution in [-0.4, -0.2) is 36.3 Å². The van der Waals surface area contributed by atoms with Crippen LogP contribution in [-0.2, 0) is 0 Å². The molecule has 2 aromatic rings. The van der Waals surface area contributed by atoms with Crippen LogP contribution in [0.5, 0.6) is 0 Å². The number of carbonyl (C=O) groups is 2. The number of benzene rings is 1. The maximum absolute atomic E-state index is 12.6. The number of nitrogens with zero attached hydrogens (tertiary/aromatic N) is 1. The Morgan fingerprint density at radius 3 is 2.80 bits per heavy atom. The molecule has 0 aliphatic carbocycles. The van der Waals surface area contributed by atoms with Crippen LogP contribution in [0.2, 0.25) is 0 Å². The summed E-state index contributed by atoms with van der Waals surface area (Å²) in [5, 5.41) is 2.79. The van der Waals surface area contributed by atoms with Crippen molar-refractivity contribution in [3.8, 4) is 0 Å². The van der Waals surface area contributed by atoms with Gasteiger partial charge >= 0.3 is 0 Å². The molecule has 3 rings (SSSR count). The van der Waals surface area contributed by atoms with E-state index in [1.165, 1.54) is 6.26 Å². The number of amides is 2. The lowest BCUT2D eigenvalue weighted by molar-refractivity contribution is 0.0787. The van der Waals surface area contributed by atoms with Crippen LogP contribution in [0, 0.1) is 12.8 Å². The van der Waals surface area contributed by atoms with Crippen molar-refractivity contribution < 1.29 is 14.0 Å². The molecular formula is C18H22ClN3O3. The van der Waals surface area contributed by atoms with Crippen LogP contribution >= 0.6 is 12.4 Å². The van der Waals surface area contributed by atoms with Gasteiger partial charge in [0.05, 0.1) is 6.26 Å². The monoisotopic (exact) mass is 363 g/mol. The average molecular weight is 364 g/mol. The van der Waals surface area contributed by atoms with E-state index in [1.54, 1.807) is 24.3 Å². The van der Waals surface area contributed by atoms with Gasteiger partial charge in [-0.1, -0.05) is 6.07 Å². The Bertz CT molecular complexity index is 746. The van der Waals surface area contributed by atoms with Crippen LogP contribution in [0.1, 0.15) is 32.9 Å². The molecule has 1 fully saturated rings. The number of nitrogens with one attached hydrogen (secondary N) is 1. The van der Waals surface area contributed by atoms with E-state index in [0.717, 1.165) is 18.5 Å². The lowest BCUT2D eigenvalue weighted by Crippen LogP contribution is -2.30. The van der Waals surface area contributed by atoms with E-state index in [1.807, 2.05) is 17.9 Å². The second-order valence-corrected chi connectivity index (χ2v) is 6.10. The van der Waals surface area contributed by atoms with Crippen LogP contribution in [0.25, 0.3) is 0 Å². The first kappa shape index (κ1) is 19.0. The summed E-state index contributed by atoms with van der Waals surface area (Å²) in [5.41, 5.74) is 7.74. The molecule has 1 atom stereocenters. The maximum Gasteiger partial charge on any atom is 0.291 e. The second kappa shape index (κ2) is 8.18. The highest BCUT2D eigenvalue weighted by Crippen LogP contribution is 2.22. The first-order valence-electron chi connectivity index (χ1n) is 8.03. The van der Waals surface area contributed by atoms with Crippen LogP contribution in [0.3, 0.4) is 0 Å². The first-order chi connectivity index (χ1) is 11.6. The van der Waals surface area contributed by atoms with E-state index in [0.29, 0.717) is 30.3 Å². The normalized spacial score (nSPS) is 16.4. The number of halogens is 1. The highest BCUT2D eigenvalue weighted by atomic mass is 35.5. The average Bonchev–Trinajstić information content (AvgIpc) is 3.27. The quantitative estimate of drug-likeness (QED) is 0.874. The zero-order valence-corrected chi connectivity index (χ0v) is 14.8. The molecule has 6 nitrogen and oxygen atoms in total. The van der Waals surface area contributed by atoms with E-state index < -0.39 is 0 Å². The smallest absolute Gasteiger partial charge is 0.291 e. The molecule has 0 spiro atoms. The van der Waals surface area contributed by atoms with Crippen molar-refractivity contribution in [3.05, 3.63) is 53.5 Å². The number of rotatable bonds is 4. The number of carbonyl (C=O) groups excluding carboxylic acids is 2. The molecule has 0 radical (unpaired) electrons. The van der Waals surface area contributed by atoms with Crippen molar-refractivity contribution in [3.63, 3.8) is 0 Å². The fourth-order valence-electron chi connectivity index (χ4n) is 2.87. The van der Waals surface area contributed by atoms with E-state index in [-0.39, 0.29) is 30.0 Å². The zero-order valence-electron chi connectivity index (χ0n) is 14.0. The second-order valence-electron chi connectivity index (χ2n) is 6.10. The van der Waals surface area contributed by atoms with Gasteiger partial charge in [-0.15, -0.1) is 12.4 Å². The molecule has 1 aromatic heterocycles. The van der Waals surface area contributed by atoms with Gasteiger partial charge in [-0.05, 0) is 55.6 Å². The molecule has 3 N–H and O–H groups in total. The summed E-state index contributed by atoms with van der Waals surface area (Å²) in [6, 6.07) is 8.59. The summed E-state index contributed by atoms with van der Waals surface area (Å²) in [6.45, 7) is 3.90. The van der Waals surface area contributed by atoms with E-state index in [4.69, 9.17) is 10.2 Å². The molecule has 1 aliphatic rings. The predicted molar refractivity (Wildman–Crippen MR) is 98.2 cm³/mol. The minimum absolute atomic E-state index is 0. The van der Waals surface area contributed by atoms with E-state index in [2.05, 4.69) is 5.32 Å². The van der Waals surface area contributed by atoms with Crippen molar-refractivity contribution in [1.82, 2.24) is 4.90 Å². The Kier molecular flexibility index (Phi) is 6.22. The van der Waals surface area contributed by atoms with Crippen molar-refractivity contribution in [2.45, 2.75) is 13.3 Å². The lowest BCUT2D eigenvalue weighted by Gasteiger charge is -2.17. The number of hydrogen-bond acceptors (Lipinski definition) is 4. The Hall–Kier alpha value is -2.31. The van der Waals surface area contributed by atoms with Crippen molar-refractivity contribution in [1.29, 1.82) is 0 Å². The van der Waals surface area contributed by atoms with Crippen molar-refractivity contribution >= 4 is 29.9 Å². The van der Waals surface area contributed by atoms with Crippen LogP contribution < -0.4 is 11.1 Å². The van der Waals surface area contributed by atoms with Crippen molar-refractivity contribution in [2.24, 2.45) is 11.7 Å². The van der Waals surface area contributed by atoms with Gasteiger partial charge in [0.1, 0.15) is 0 Å². The lowest BCUT2D eigenvalue weighted by atomic mass is 10.1. The first-order valence-corrected chi connectivity index (χ1v) is 8.03. The van der Waals surface area contributed by atoms with Crippen LogP contribution in [0.15, 0.2) is 41.0 Å². The molecule has 1 aromatic carbocycles. The molecule has 1 unspecified atom stereocenters. The van der Waals surface area contributed by atoms with Gasteiger partial charge < -0.3 is 20.4 Å². The topological polar surface area (TPSA) is 88.6 Å². The summed E-state index contributed by atoms with van der Waals surface area (Å²) in [4.78, 5) is 26.6. The van der Waals surface area contributed by atoms with E-state index >= 15 is 0 Å². The summed E-state index contributed by atoms with van der Waals surface area (Å²) >= 11 is 0. The SMILES string of the molecule is Cc1ccc(C(=O)N2CCC(CN)C2)cc1NC(=O)c1ccco1.Cl. The van der Waals surface area contributed by atoms with Gasteiger partial charge in [-0.2, -0.15) is 0 Å². The van der Waals surface area contributed by atoms with Gasteiger partial charge in [0, 0.05) is 24.3 Å². The van der Waals surface area contributed by atoms with Gasteiger partial charge in [-0.25, -0.2) is 0 Å². The minimum Gasteiger partial charge on any atom is -0.459 e. The summed E-state index contributed by atoms with van der Waals surface area (Å²) < 4.78 is 5.09. The van der Waals surface area contributed by atoms with Gasteiger partial charge in [0.2, 0.25) is 0 Å². The van der Waals surface area contributed by atoms with Crippen LogP contribution in [0.4, 0.5) is 5.69 Å². The maximum atomic E-state index is 12.6. The number of anilines is 1. The molecule has 2 amide bonds. The van der Waals surface area contributed by atoms with Gasteiger partial charge in [0.15, 0.2) is 5.76 Å². The molecule has 7 heteroatoms. The molecule has 1 aliphatic heterocycles. The number of nitrogens with two attached hydrogens (primary N) is 1. The number of furan rings is 1.